The van der Waals surface area contributed by atoms with Crippen LogP contribution in [0.1, 0.15) is 16.1 Å². The highest BCUT2D eigenvalue weighted by atomic mass is 16.4. The van der Waals surface area contributed by atoms with E-state index in [-0.39, 0.29) is 5.69 Å². The van der Waals surface area contributed by atoms with Gasteiger partial charge in [-0.25, -0.2) is 14.8 Å². The second-order valence-corrected chi connectivity index (χ2v) is 3.29. The first kappa shape index (κ1) is 10.2. The lowest BCUT2D eigenvalue weighted by Crippen LogP contribution is -2.02. The molecular weight excluding hydrogens is 206 g/mol. The zero-order valence-electron chi connectivity index (χ0n) is 8.58. The molecule has 0 aliphatic heterocycles. The van der Waals surface area contributed by atoms with Crippen molar-refractivity contribution < 1.29 is 9.90 Å². The van der Waals surface area contributed by atoms with Crippen LogP contribution < -0.4 is 0 Å². The van der Waals surface area contributed by atoms with Gasteiger partial charge in [0.15, 0.2) is 11.5 Å². The van der Waals surface area contributed by atoms with Gasteiger partial charge in [0.2, 0.25) is 0 Å². The van der Waals surface area contributed by atoms with Gasteiger partial charge < -0.3 is 5.11 Å². The maximum Gasteiger partial charge on any atom is 0.354 e. The molecule has 80 valence electrons. The molecule has 0 radical (unpaired) electrons. The van der Waals surface area contributed by atoms with Crippen LogP contribution in [0.25, 0.3) is 11.5 Å². The molecule has 0 aliphatic carbocycles. The van der Waals surface area contributed by atoms with Gasteiger partial charge in [-0.1, -0.05) is 0 Å². The molecule has 0 atom stereocenters. The van der Waals surface area contributed by atoms with E-state index < -0.39 is 5.97 Å². The first-order valence-electron chi connectivity index (χ1n) is 4.66. The highest BCUT2D eigenvalue weighted by Gasteiger charge is 2.08. The lowest BCUT2D eigenvalue weighted by molar-refractivity contribution is 0.0690. The largest absolute Gasteiger partial charge is 0.477 e. The van der Waals surface area contributed by atoms with Gasteiger partial charge in [-0.2, -0.15) is 0 Å². The number of aromatic nitrogens is 3. The van der Waals surface area contributed by atoms with Crippen LogP contribution >= 0.6 is 0 Å². The molecule has 0 spiro atoms. The SMILES string of the molecule is Cc1ccnc(-c2nccc(C(=O)O)n2)c1. The van der Waals surface area contributed by atoms with Gasteiger partial charge in [0.05, 0.1) is 0 Å². The van der Waals surface area contributed by atoms with E-state index in [4.69, 9.17) is 5.11 Å². The number of aromatic carboxylic acids is 1. The molecule has 5 heteroatoms. The van der Waals surface area contributed by atoms with Gasteiger partial charge in [0.1, 0.15) is 5.69 Å². The minimum Gasteiger partial charge on any atom is -0.477 e. The first-order chi connectivity index (χ1) is 7.66. The van der Waals surface area contributed by atoms with Crippen LogP contribution in [0.15, 0.2) is 30.6 Å². The van der Waals surface area contributed by atoms with Gasteiger partial charge in [0.25, 0.3) is 0 Å². The Hall–Kier alpha value is -2.30. The predicted molar refractivity (Wildman–Crippen MR) is 57.0 cm³/mol. The Labute approximate surface area is 91.8 Å². The van der Waals surface area contributed by atoms with Crippen LogP contribution in [0.5, 0.6) is 0 Å². The van der Waals surface area contributed by atoms with E-state index in [1.807, 2.05) is 13.0 Å². The number of carbonyl (C=O) groups is 1. The number of pyridine rings is 1. The summed E-state index contributed by atoms with van der Waals surface area (Å²) in [5.74, 6) is -0.750. The molecule has 5 nitrogen and oxygen atoms in total. The second-order valence-electron chi connectivity index (χ2n) is 3.29. The summed E-state index contributed by atoms with van der Waals surface area (Å²) in [6, 6.07) is 5.01. The fraction of sp³-hybridized carbons (Fsp3) is 0.0909. The number of hydrogen-bond donors (Lipinski definition) is 1. The molecule has 0 fully saturated rings. The van der Waals surface area contributed by atoms with Crippen molar-refractivity contribution in [2.24, 2.45) is 0 Å². The summed E-state index contributed by atoms with van der Waals surface area (Å²) in [6.07, 6.45) is 3.05. The molecule has 0 saturated carbocycles. The summed E-state index contributed by atoms with van der Waals surface area (Å²) in [7, 11) is 0. The number of nitrogens with zero attached hydrogens (tertiary/aromatic N) is 3. The molecule has 0 aromatic carbocycles. The van der Waals surface area contributed by atoms with Crippen LogP contribution in [0.4, 0.5) is 0 Å². The third-order valence-corrected chi connectivity index (χ3v) is 2.02. The van der Waals surface area contributed by atoms with Crippen LogP contribution in [-0.2, 0) is 0 Å². The lowest BCUT2D eigenvalue weighted by atomic mass is 10.2. The van der Waals surface area contributed by atoms with Gasteiger partial charge in [-0.15, -0.1) is 0 Å². The fourth-order valence-corrected chi connectivity index (χ4v) is 1.26. The number of hydrogen-bond acceptors (Lipinski definition) is 4. The average molecular weight is 215 g/mol. The monoisotopic (exact) mass is 215 g/mol. The summed E-state index contributed by atoms with van der Waals surface area (Å²) >= 11 is 0. The average Bonchev–Trinajstić information content (AvgIpc) is 2.29. The van der Waals surface area contributed by atoms with E-state index in [1.54, 1.807) is 12.3 Å². The van der Waals surface area contributed by atoms with Crippen LogP contribution in [-0.4, -0.2) is 26.0 Å². The fourth-order valence-electron chi connectivity index (χ4n) is 1.26. The highest BCUT2D eigenvalue weighted by molar-refractivity contribution is 5.85. The number of aryl methyl sites for hydroxylation is 1. The number of carboxylic acids is 1. The lowest BCUT2D eigenvalue weighted by Gasteiger charge is -2.00. The van der Waals surface area contributed by atoms with Gasteiger partial charge in [-0.3, -0.25) is 4.98 Å². The highest BCUT2D eigenvalue weighted by Crippen LogP contribution is 2.12. The Morgan fingerprint density at radius 1 is 1.25 bits per heavy atom. The summed E-state index contributed by atoms with van der Waals surface area (Å²) < 4.78 is 0. The van der Waals surface area contributed by atoms with E-state index in [0.717, 1.165) is 5.56 Å². The van der Waals surface area contributed by atoms with E-state index in [2.05, 4.69) is 15.0 Å². The zero-order chi connectivity index (χ0) is 11.5. The Morgan fingerprint density at radius 3 is 2.69 bits per heavy atom. The number of carboxylic acid groups (broad SMARTS) is 1. The van der Waals surface area contributed by atoms with E-state index in [1.165, 1.54) is 12.3 Å². The maximum atomic E-state index is 10.7. The molecule has 0 unspecified atom stereocenters. The van der Waals surface area contributed by atoms with Gasteiger partial charge in [-0.05, 0) is 30.7 Å². The molecule has 2 aromatic rings. The topological polar surface area (TPSA) is 76.0 Å². The summed E-state index contributed by atoms with van der Waals surface area (Å²) in [4.78, 5) is 22.7. The van der Waals surface area contributed by atoms with Crippen molar-refractivity contribution in [2.75, 3.05) is 0 Å². The molecule has 2 aromatic heterocycles. The van der Waals surface area contributed by atoms with Crippen LogP contribution in [0, 0.1) is 6.92 Å². The molecule has 1 N–H and O–H groups in total. The van der Waals surface area contributed by atoms with Crippen LogP contribution in [0.2, 0.25) is 0 Å². The minimum atomic E-state index is -1.07. The Balaban J connectivity index is 2.48. The van der Waals surface area contributed by atoms with Crippen molar-refractivity contribution in [3.63, 3.8) is 0 Å². The number of rotatable bonds is 2. The molecule has 16 heavy (non-hydrogen) atoms. The van der Waals surface area contributed by atoms with Crippen molar-refractivity contribution >= 4 is 5.97 Å². The molecule has 2 heterocycles. The summed E-state index contributed by atoms with van der Waals surface area (Å²) in [5.41, 5.74) is 1.56. The van der Waals surface area contributed by atoms with Crippen molar-refractivity contribution in [2.45, 2.75) is 6.92 Å². The van der Waals surface area contributed by atoms with Gasteiger partial charge >= 0.3 is 5.97 Å². The van der Waals surface area contributed by atoms with Crippen LogP contribution in [0.3, 0.4) is 0 Å². The molecule has 0 saturated heterocycles. The second kappa shape index (κ2) is 4.06. The van der Waals surface area contributed by atoms with E-state index >= 15 is 0 Å². The molecule has 2 rings (SSSR count). The van der Waals surface area contributed by atoms with E-state index in [0.29, 0.717) is 11.5 Å². The third kappa shape index (κ3) is 2.03. The maximum absolute atomic E-state index is 10.7. The van der Waals surface area contributed by atoms with Gasteiger partial charge in [0, 0.05) is 12.4 Å². The Bertz CT molecular complexity index is 540. The van der Waals surface area contributed by atoms with Crippen molar-refractivity contribution in [3.8, 4) is 11.5 Å². The van der Waals surface area contributed by atoms with Crippen molar-refractivity contribution in [1.82, 2.24) is 15.0 Å². The smallest absolute Gasteiger partial charge is 0.354 e. The summed E-state index contributed by atoms with van der Waals surface area (Å²) in [5, 5.41) is 8.80. The molecular formula is C11H9N3O2. The molecule has 0 aliphatic rings. The van der Waals surface area contributed by atoms with Crippen molar-refractivity contribution in [3.05, 3.63) is 41.9 Å². The standard InChI is InChI=1S/C11H9N3O2/c1-7-2-4-12-9(6-7)10-13-5-3-8(14-10)11(15)16/h2-6H,1H3,(H,15,16). The van der Waals surface area contributed by atoms with E-state index in [9.17, 15) is 4.79 Å². The Kier molecular flexibility index (Phi) is 2.59. The predicted octanol–water partition coefficient (Wildman–Crippen LogP) is 1.55. The zero-order valence-corrected chi connectivity index (χ0v) is 8.58. The summed E-state index contributed by atoms with van der Waals surface area (Å²) in [6.45, 7) is 1.92. The normalized spacial score (nSPS) is 10.1. The Morgan fingerprint density at radius 2 is 2.00 bits per heavy atom. The quantitative estimate of drug-likeness (QED) is 0.822. The molecule has 0 amide bonds. The first-order valence-corrected chi connectivity index (χ1v) is 4.66. The van der Waals surface area contributed by atoms with Crippen molar-refractivity contribution in [1.29, 1.82) is 0 Å². The third-order valence-electron chi connectivity index (χ3n) is 2.02. The minimum absolute atomic E-state index is 0.0340. The molecule has 0 bridgehead atoms.